The molecule has 0 aliphatic heterocycles. The number of aromatic amines is 1. The van der Waals surface area contributed by atoms with Gasteiger partial charge < -0.3 is 9.47 Å². The van der Waals surface area contributed by atoms with Crippen LogP contribution in [0.25, 0.3) is 0 Å². The molecule has 104 valence electrons. The van der Waals surface area contributed by atoms with Crippen LogP contribution >= 0.6 is 0 Å². The van der Waals surface area contributed by atoms with Crippen molar-refractivity contribution in [1.82, 2.24) is 10.2 Å². The van der Waals surface area contributed by atoms with E-state index in [-0.39, 0.29) is 6.61 Å². The molecule has 0 saturated heterocycles. The number of esters is 1. The molecule has 0 aliphatic carbocycles. The molecular weight excluding hydrogens is 252 g/mol. The van der Waals surface area contributed by atoms with Crippen LogP contribution < -0.4 is 0 Å². The first-order valence-corrected chi connectivity index (χ1v) is 5.53. The van der Waals surface area contributed by atoms with E-state index in [0.29, 0.717) is 17.1 Å². The molecule has 1 aromatic rings. The molecule has 0 saturated carbocycles. The van der Waals surface area contributed by atoms with Crippen molar-refractivity contribution in [1.29, 1.82) is 0 Å². The number of ether oxygens (including phenoxy) is 2. The Balaban J connectivity index is 2.95. The third-order valence-corrected chi connectivity index (χ3v) is 2.38. The number of hydrogen-bond acceptors (Lipinski definition) is 7. The molecule has 0 radical (unpaired) electrons. The lowest BCUT2D eigenvalue weighted by atomic mass is 10.2. The van der Waals surface area contributed by atoms with Crippen LogP contribution in [0.15, 0.2) is 10.2 Å². The summed E-state index contributed by atoms with van der Waals surface area (Å²) in [6.07, 6.45) is 0. The largest absolute Gasteiger partial charge is 0.467 e. The minimum atomic E-state index is -1.32. The number of ketones is 1. The normalized spacial score (nSPS) is 12.6. The number of carbonyl (C=O) groups is 2. The van der Waals surface area contributed by atoms with E-state index in [4.69, 9.17) is 0 Å². The smallest absolute Gasteiger partial charge is 0.340 e. The molecule has 1 rings (SSSR count). The van der Waals surface area contributed by atoms with E-state index in [1.165, 1.54) is 14.2 Å². The average Bonchev–Trinajstić information content (AvgIpc) is 2.70. The third kappa shape index (κ3) is 3.68. The lowest BCUT2D eigenvalue weighted by molar-refractivity contribution is -0.146. The summed E-state index contributed by atoms with van der Waals surface area (Å²) in [6, 6.07) is -1.32. The number of nitrogens with one attached hydrogen (secondary N) is 1. The predicted octanol–water partition coefficient (Wildman–Crippen LogP) is 0.867. The number of methoxy groups -OCH3 is 2. The number of H-pyrrole nitrogens is 1. The predicted molar refractivity (Wildman–Crippen MR) is 65.3 cm³/mol. The standard InChI is InChI=1S/C11H16N4O4/c1-6-9(7(2)13-12-6)14-15-10(11(17)19-4)8(16)5-18-3/h10H,5H2,1-4H3,(H,12,13). The molecule has 1 unspecified atom stereocenters. The van der Waals surface area contributed by atoms with E-state index in [1.807, 2.05) is 0 Å². The summed E-state index contributed by atoms with van der Waals surface area (Å²) < 4.78 is 9.20. The van der Waals surface area contributed by atoms with Gasteiger partial charge in [0, 0.05) is 7.11 Å². The van der Waals surface area contributed by atoms with Gasteiger partial charge in [-0.2, -0.15) is 15.3 Å². The van der Waals surface area contributed by atoms with E-state index in [2.05, 4.69) is 29.9 Å². The molecule has 0 spiro atoms. The number of azo groups is 1. The molecular formula is C11H16N4O4. The number of carbonyl (C=O) groups excluding carboxylic acids is 2. The minimum absolute atomic E-state index is 0.234. The Morgan fingerprint density at radius 1 is 1.37 bits per heavy atom. The number of aryl methyl sites for hydroxylation is 2. The summed E-state index contributed by atoms with van der Waals surface area (Å²) in [5.41, 5.74) is 1.83. The molecule has 1 atom stereocenters. The van der Waals surface area contributed by atoms with Crippen LogP contribution in [0, 0.1) is 13.8 Å². The van der Waals surface area contributed by atoms with E-state index in [1.54, 1.807) is 13.8 Å². The van der Waals surface area contributed by atoms with Crippen LogP contribution in [0.2, 0.25) is 0 Å². The van der Waals surface area contributed by atoms with Crippen molar-refractivity contribution in [2.75, 3.05) is 20.8 Å². The maximum absolute atomic E-state index is 11.7. The van der Waals surface area contributed by atoms with Crippen LogP contribution in [0.3, 0.4) is 0 Å². The van der Waals surface area contributed by atoms with Gasteiger partial charge in [0.1, 0.15) is 12.3 Å². The Kier molecular flexibility index (Phi) is 5.31. The number of Topliss-reactive ketones (excluding diaryl/α,β-unsaturated/α-hetero) is 1. The van der Waals surface area contributed by atoms with Crippen LogP contribution in [0.1, 0.15) is 11.4 Å². The van der Waals surface area contributed by atoms with Gasteiger partial charge in [-0.25, -0.2) is 4.79 Å². The Bertz CT molecular complexity index is 475. The molecule has 1 heterocycles. The molecule has 8 nitrogen and oxygen atoms in total. The highest BCUT2D eigenvalue weighted by molar-refractivity contribution is 6.03. The van der Waals surface area contributed by atoms with Gasteiger partial charge in [0.15, 0.2) is 5.78 Å². The van der Waals surface area contributed by atoms with Crippen molar-refractivity contribution in [3.8, 4) is 0 Å². The molecule has 0 amide bonds. The summed E-state index contributed by atoms with van der Waals surface area (Å²) in [7, 11) is 2.53. The zero-order valence-electron chi connectivity index (χ0n) is 11.3. The summed E-state index contributed by atoms with van der Waals surface area (Å²) in [5.74, 6) is -1.29. The Morgan fingerprint density at radius 2 is 2.05 bits per heavy atom. The van der Waals surface area contributed by atoms with Gasteiger partial charge in [-0.15, -0.1) is 0 Å². The topological polar surface area (TPSA) is 106 Å². The van der Waals surface area contributed by atoms with Crippen LogP contribution in [0.5, 0.6) is 0 Å². The van der Waals surface area contributed by atoms with Gasteiger partial charge >= 0.3 is 5.97 Å². The van der Waals surface area contributed by atoms with Gasteiger partial charge in [-0.3, -0.25) is 9.89 Å². The molecule has 8 heteroatoms. The summed E-state index contributed by atoms with van der Waals surface area (Å²) in [5, 5.41) is 14.3. The second-order valence-corrected chi connectivity index (χ2v) is 3.82. The first-order valence-electron chi connectivity index (χ1n) is 5.53. The fourth-order valence-electron chi connectivity index (χ4n) is 1.38. The van der Waals surface area contributed by atoms with Gasteiger partial charge in [0.25, 0.3) is 0 Å². The highest BCUT2D eigenvalue weighted by Gasteiger charge is 2.27. The maximum Gasteiger partial charge on any atom is 0.340 e. The Morgan fingerprint density at radius 3 is 2.53 bits per heavy atom. The van der Waals surface area contributed by atoms with Crippen LogP contribution in [-0.4, -0.2) is 48.8 Å². The molecule has 0 aromatic carbocycles. The monoisotopic (exact) mass is 268 g/mol. The fourth-order valence-corrected chi connectivity index (χ4v) is 1.38. The van der Waals surface area contributed by atoms with Gasteiger partial charge in [-0.05, 0) is 13.8 Å². The number of rotatable bonds is 6. The van der Waals surface area contributed by atoms with Crippen molar-refractivity contribution in [3.63, 3.8) is 0 Å². The third-order valence-electron chi connectivity index (χ3n) is 2.38. The molecule has 19 heavy (non-hydrogen) atoms. The van der Waals surface area contributed by atoms with Crippen LogP contribution in [0.4, 0.5) is 5.69 Å². The molecule has 0 bridgehead atoms. The molecule has 1 N–H and O–H groups in total. The lowest BCUT2D eigenvalue weighted by Crippen LogP contribution is -2.31. The highest BCUT2D eigenvalue weighted by Crippen LogP contribution is 2.21. The average molecular weight is 268 g/mol. The van der Waals surface area contributed by atoms with Gasteiger partial charge in [0.2, 0.25) is 6.04 Å². The van der Waals surface area contributed by atoms with Crippen molar-refractivity contribution in [2.45, 2.75) is 19.9 Å². The van der Waals surface area contributed by atoms with Gasteiger partial charge in [0.05, 0.1) is 18.5 Å². The van der Waals surface area contributed by atoms with Crippen LogP contribution in [-0.2, 0) is 19.1 Å². The lowest BCUT2D eigenvalue weighted by Gasteiger charge is -2.07. The number of nitrogens with zero attached hydrogens (tertiary/aromatic N) is 3. The minimum Gasteiger partial charge on any atom is -0.467 e. The second-order valence-electron chi connectivity index (χ2n) is 3.82. The Labute approximate surface area is 110 Å². The van der Waals surface area contributed by atoms with E-state index < -0.39 is 17.8 Å². The summed E-state index contributed by atoms with van der Waals surface area (Å²) >= 11 is 0. The van der Waals surface area contributed by atoms with Gasteiger partial charge in [-0.1, -0.05) is 0 Å². The SMILES string of the molecule is COCC(=O)C(N=Nc1c(C)n[nH]c1C)C(=O)OC. The molecule has 0 aliphatic rings. The first kappa shape index (κ1) is 15.0. The molecule has 1 aromatic heterocycles. The van der Waals surface area contributed by atoms with E-state index >= 15 is 0 Å². The zero-order chi connectivity index (χ0) is 14.4. The first-order chi connectivity index (χ1) is 9.01. The molecule has 0 fully saturated rings. The maximum atomic E-state index is 11.7. The summed E-state index contributed by atoms with van der Waals surface area (Å²) in [6.45, 7) is 3.27. The highest BCUT2D eigenvalue weighted by atomic mass is 16.5. The summed E-state index contributed by atoms with van der Waals surface area (Å²) in [4.78, 5) is 23.2. The quantitative estimate of drug-likeness (QED) is 0.468. The van der Waals surface area contributed by atoms with E-state index in [9.17, 15) is 9.59 Å². The number of aromatic nitrogens is 2. The number of hydrogen-bond donors (Lipinski definition) is 1. The fraction of sp³-hybridized carbons (Fsp3) is 0.545. The van der Waals surface area contributed by atoms with E-state index in [0.717, 1.165) is 0 Å². The van der Waals surface area contributed by atoms with Crippen molar-refractivity contribution < 1.29 is 19.1 Å². The zero-order valence-corrected chi connectivity index (χ0v) is 11.3. The second kappa shape index (κ2) is 6.74. The van der Waals surface area contributed by atoms with Crippen molar-refractivity contribution in [2.24, 2.45) is 10.2 Å². The van der Waals surface area contributed by atoms with Crippen molar-refractivity contribution in [3.05, 3.63) is 11.4 Å². The van der Waals surface area contributed by atoms with Crippen molar-refractivity contribution >= 4 is 17.4 Å². The Hall–Kier alpha value is -2.09.